The molecule has 0 radical (unpaired) electrons. The Morgan fingerprint density at radius 1 is 0.944 bits per heavy atom. The van der Waals surface area contributed by atoms with Crippen molar-refractivity contribution < 1.29 is 28.5 Å². The van der Waals surface area contributed by atoms with E-state index in [1.54, 1.807) is 14.2 Å². The van der Waals surface area contributed by atoms with Gasteiger partial charge in [-0.15, -0.1) is 0 Å². The summed E-state index contributed by atoms with van der Waals surface area (Å²) in [6, 6.07) is 7.84. The van der Waals surface area contributed by atoms with Crippen molar-refractivity contribution in [2.45, 2.75) is 40.2 Å². The van der Waals surface area contributed by atoms with Crippen LogP contribution in [0.5, 0.6) is 5.75 Å². The van der Waals surface area contributed by atoms with Crippen LogP contribution >= 0.6 is 0 Å². The summed E-state index contributed by atoms with van der Waals surface area (Å²) < 4.78 is 25.7. The zero-order valence-corrected chi connectivity index (χ0v) is 31.9. The molecule has 3 aromatic heterocycles. The van der Waals surface area contributed by atoms with E-state index in [9.17, 15) is 9.59 Å². The van der Waals surface area contributed by atoms with Crippen molar-refractivity contribution in [1.29, 1.82) is 0 Å². The minimum absolute atomic E-state index is 0.133. The number of nitrogens with zero attached hydrogens (tertiary/aromatic N) is 7. The Morgan fingerprint density at radius 3 is 2.48 bits per heavy atom. The number of piperazine rings is 1. The summed E-state index contributed by atoms with van der Waals surface area (Å²) in [4.78, 5) is 39.8. The second-order valence-corrected chi connectivity index (χ2v) is 13.2. The van der Waals surface area contributed by atoms with Gasteiger partial charge in [-0.1, -0.05) is 6.92 Å². The van der Waals surface area contributed by atoms with E-state index in [1.807, 2.05) is 71.6 Å². The van der Waals surface area contributed by atoms with Crippen molar-refractivity contribution in [1.82, 2.24) is 34.5 Å². The number of benzene rings is 1. The molecule has 0 saturated carbocycles. The Morgan fingerprint density at radius 2 is 1.72 bits per heavy atom. The molecular formula is C38H52N10O6. The smallest absolute Gasteiger partial charge is 0.257 e. The lowest BCUT2D eigenvalue weighted by molar-refractivity contribution is -0.130. The number of carbonyl (C=O) groups excluding carboxylic acids is 2. The molecule has 2 aliphatic rings. The number of anilines is 4. The van der Waals surface area contributed by atoms with E-state index < -0.39 is 0 Å². The summed E-state index contributed by atoms with van der Waals surface area (Å²) in [5.74, 6) is 1.75. The van der Waals surface area contributed by atoms with Gasteiger partial charge in [0, 0.05) is 68.7 Å². The van der Waals surface area contributed by atoms with Crippen molar-refractivity contribution in [3.8, 4) is 11.6 Å². The Balaban J connectivity index is 1.08. The van der Waals surface area contributed by atoms with Gasteiger partial charge in [0.25, 0.3) is 5.91 Å². The third-order valence-electron chi connectivity index (χ3n) is 9.76. The van der Waals surface area contributed by atoms with Gasteiger partial charge in [-0.3, -0.25) is 14.3 Å². The van der Waals surface area contributed by atoms with Gasteiger partial charge >= 0.3 is 0 Å². The minimum atomic E-state index is -0.193. The third-order valence-corrected chi connectivity index (χ3v) is 9.76. The molecule has 1 aromatic carbocycles. The maximum Gasteiger partial charge on any atom is 0.257 e. The number of hydrogen-bond acceptors (Lipinski definition) is 12. The first kappa shape index (κ1) is 38.7. The van der Waals surface area contributed by atoms with Gasteiger partial charge in [-0.25, -0.2) is 4.98 Å². The average Bonchev–Trinajstić information content (AvgIpc) is 3.75. The fourth-order valence-electron chi connectivity index (χ4n) is 6.77. The largest absolute Gasteiger partial charge is 0.494 e. The van der Waals surface area contributed by atoms with E-state index in [0.29, 0.717) is 95.0 Å². The Hall–Kier alpha value is -5.03. The predicted molar refractivity (Wildman–Crippen MR) is 206 cm³/mol. The maximum atomic E-state index is 13.7. The van der Waals surface area contributed by atoms with Crippen LogP contribution in [0.2, 0.25) is 0 Å². The van der Waals surface area contributed by atoms with Crippen molar-refractivity contribution in [2.75, 3.05) is 102 Å². The molecule has 290 valence electrons. The number of ether oxygens (including phenoxy) is 4. The topological polar surface area (TPSA) is 162 Å². The number of methoxy groups -OCH3 is 2. The molecule has 2 amide bonds. The molecule has 3 N–H and O–H groups in total. The SMILES string of the molecule is CCNCC(=O)N1CCN(c2ccc(Nc3ncc4c(n3)-n3ccc(C(=O)Nc5c(C)nn(CCOCCOCCOC)c5C)c3CC4)c(OC)c2)CC1. The number of carbonyl (C=O) groups is 2. The van der Waals surface area contributed by atoms with Gasteiger partial charge in [-0.2, -0.15) is 10.1 Å². The van der Waals surface area contributed by atoms with Gasteiger partial charge in [0.2, 0.25) is 11.9 Å². The van der Waals surface area contributed by atoms with Crippen molar-refractivity contribution in [2.24, 2.45) is 0 Å². The van der Waals surface area contributed by atoms with Crippen LogP contribution in [0, 0.1) is 13.8 Å². The van der Waals surface area contributed by atoms with Crippen LogP contribution in [-0.4, -0.2) is 128 Å². The fourth-order valence-corrected chi connectivity index (χ4v) is 6.77. The lowest BCUT2D eigenvalue weighted by Gasteiger charge is -2.36. The van der Waals surface area contributed by atoms with Gasteiger partial charge in [0.15, 0.2) is 0 Å². The van der Waals surface area contributed by atoms with E-state index in [-0.39, 0.29) is 11.8 Å². The number of hydrogen-bond donors (Lipinski definition) is 3. The number of nitrogens with one attached hydrogen (secondary N) is 3. The van der Waals surface area contributed by atoms with Crippen LogP contribution in [-0.2, 0) is 38.4 Å². The summed E-state index contributed by atoms with van der Waals surface area (Å²) >= 11 is 0. The Labute approximate surface area is 316 Å². The highest BCUT2D eigenvalue weighted by Crippen LogP contribution is 2.33. The average molecular weight is 745 g/mol. The molecule has 16 nitrogen and oxygen atoms in total. The summed E-state index contributed by atoms with van der Waals surface area (Å²) in [7, 11) is 3.28. The van der Waals surface area contributed by atoms with Gasteiger partial charge < -0.3 is 49.3 Å². The molecule has 16 heteroatoms. The van der Waals surface area contributed by atoms with E-state index in [1.165, 1.54) is 0 Å². The van der Waals surface area contributed by atoms with E-state index in [4.69, 9.17) is 23.9 Å². The van der Waals surface area contributed by atoms with Gasteiger partial charge in [-0.05, 0) is 51.4 Å². The van der Waals surface area contributed by atoms with Crippen molar-refractivity contribution in [3.63, 3.8) is 0 Å². The molecular weight excluding hydrogens is 692 g/mol. The molecule has 0 unspecified atom stereocenters. The van der Waals surface area contributed by atoms with Crippen LogP contribution in [0.1, 0.15) is 39.9 Å². The zero-order chi connectivity index (χ0) is 38.0. The number of rotatable bonds is 18. The summed E-state index contributed by atoms with van der Waals surface area (Å²) in [5, 5.41) is 14.2. The molecule has 0 aliphatic carbocycles. The molecule has 1 fully saturated rings. The van der Waals surface area contributed by atoms with Crippen LogP contribution < -0.4 is 25.6 Å². The first-order valence-electron chi connectivity index (χ1n) is 18.6. The molecule has 0 spiro atoms. The first-order chi connectivity index (χ1) is 26.3. The van der Waals surface area contributed by atoms with Crippen LogP contribution in [0.3, 0.4) is 0 Å². The first-order valence-corrected chi connectivity index (χ1v) is 18.6. The van der Waals surface area contributed by atoms with Gasteiger partial charge in [0.05, 0.1) is 81.6 Å². The third kappa shape index (κ3) is 9.01. The number of likely N-dealkylation sites (N-methyl/N-ethyl adjacent to an activating group) is 1. The molecule has 0 bridgehead atoms. The highest BCUT2D eigenvalue weighted by Gasteiger charge is 2.26. The molecule has 54 heavy (non-hydrogen) atoms. The number of aromatic nitrogens is 5. The molecule has 6 rings (SSSR count). The standard InChI is InChI=1S/C38H52N10O6/c1-6-39-25-34(49)46-15-13-45(14-16-46)29-8-9-31(33(23-29)52-5)41-38-40-24-28-7-10-32-30(11-12-47(32)36(28)43-38)37(50)42-35-26(2)44-48(27(35)3)17-18-53-21-22-54-20-19-51-4/h8-9,11-12,23-24,39H,6-7,10,13-22,25H2,1-5H3,(H,42,50)(H,40,41,43). The number of fused-ring (bicyclic) bond motifs is 3. The quantitative estimate of drug-likeness (QED) is 0.128. The van der Waals surface area contributed by atoms with Crippen molar-refractivity contribution >= 4 is 34.8 Å². The predicted octanol–water partition coefficient (Wildman–Crippen LogP) is 3.12. The lowest BCUT2D eigenvalue weighted by Crippen LogP contribution is -2.50. The van der Waals surface area contributed by atoms with Crippen LogP contribution in [0.4, 0.5) is 23.0 Å². The van der Waals surface area contributed by atoms with Gasteiger partial charge in [0.1, 0.15) is 11.6 Å². The molecule has 0 atom stereocenters. The Kier molecular flexibility index (Phi) is 13.1. The fraction of sp³-hybridized carbons (Fsp3) is 0.500. The van der Waals surface area contributed by atoms with Crippen LogP contribution in [0.25, 0.3) is 5.82 Å². The zero-order valence-electron chi connectivity index (χ0n) is 31.9. The van der Waals surface area contributed by atoms with E-state index >= 15 is 0 Å². The highest BCUT2D eigenvalue weighted by molar-refractivity contribution is 6.06. The molecule has 1 saturated heterocycles. The summed E-state index contributed by atoms with van der Waals surface area (Å²) in [6.45, 7) is 12.9. The van der Waals surface area contributed by atoms with E-state index in [2.05, 4.69) is 30.9 Å². The Bertz CT molecular complexity index is 1900. The minimum Gasteiger partial charge on any atom is -0.494 e. The second kappa shape index (κ2) is 18.3. The highest BCUT2D eigenvalue weighted by atomic mass is 16.5. The van der Waals surface area contributed by atoms with E-state index in [0.717, 1.165) is 59.5 Å². The van der Waals surface area contributed by atoms with Crippen LogP contribution in [0.15, 0.2) is 36.7 Å². The molecule has 5 heterocycles. The molecule has 4 aromatic rings. The second-order valence-electron chi connectivity index (χ2n) is 13.2. The monoisotopic (exact) mass is 744 g/mol. The summed E-state index contributed by atoms with van der Waals surface area (Å²) in [6.07, 6.45) is 5.11. The lowest BCUT2D eigenvalue weighted by atomic mass is 10.0. The normalized spacial score (nSPS) is 13.8. The number of aryl methyl sites for hydroxylation is 2. The summed E-state index contributed by atoms with van der Waals surface area (Å²) in [5.41, 5.74) is 6.53. The number of amides is 2. The maximum absolute atomic E-state index is 13.7. The molecule has 2 aliphatic heterocycles. The van der Waals surface area contributed by atoms with Crippen molar-refractivity contribution in [3.05, 3.63) is 64.9 Å².